The van der Waals surface area contributed by atoms with Gasteiger partial charge < -0.3 is 16.0 Å². The van der Waals surface area contributed by atoms with Crippen molar-refractivity contribution in [1.82, 2.24) is 16.0 Å². The Hall–Kier alpha value is -1.31. The van der Waals surface area contributed by atoms with Gasteiger partial charge in [0.05, 0.1) is 0 Å². The van der Waals surface area contributed by atoms with E-state index in [1.54, 1.807) is 0 Å². The number of hydrogen-bond donors (Lipinski definition) is 3. The lowest BCUT2D eigenvalue weighted by Gasteiger charge is -2.20. The van der Waals surface area contributed by atoms with Gasteiger partial charge >= 0.3 is 0 Å². The predicted octanol–water partition coefficient (Wildman–Crippen LogP) is 3.19. The molecule has 1 unspecified atom stereocenters. The molecule has 0 fully saturated rings. The number of guanidine groups is 1. The Bertz CT molecular complexity index is 550. The summed E-state index contributed by atoms with van der Waals surface area (Å²) >= 11 is 0. The minimum Gasteiger partial charge on any atom is -0.357 e. The maximum absolute atomic E-state index is 11.9. The van der Waals surface area contributed by atoms with Crippen LogP contribution in [0.25, 0.3) is 0 Å². The van der Waals surface area contributed by atoms with Gasteiger partial charge in [-0.25, -0.2) is 4.99 Å². The standard InChI is InChI=1S/C19H32N4O.HI/c1-7-20-18(22-13-17(24)23-19(4,5)6)21-12-15(3)16-10-8-14(2)9-11-16;/h8-11,15H,7,12-13H2,1-6H3,(H,23,24)(H2,20,21,22);1H. The number of aliphatic imine (C=N–C) groups is 1. The summed E-state index contributed by atoms with van der Waals surface area (Å²) < 4.78 is 0. The van der Waals surface area contributed by atoms with Gasteiger partial charge in [-0.05, 0) is 46.1 Å². The third-order valence-electron chi connectivity index (χ3n) is 3.46. The van der Waals surface area contributed by atoms with Crippen LogP contribution in [0.3, 0.4) is 0 Å². The first-order valence-electron chi connectivity index (χ1n) is 8.61. The van der Waals surface area contributed by atoms with E-state index in [4.69, 9.17) is 0 Å². The van der Waals surface area contributed by atoms with Crippen molar-refractivity contribution < 1.29 is 4.79 Å². The summed E-state index contributed by atoms with van der Waals surface area (Å²) in [5.74, 6) is 0.949. The Morgan fingerprint density at radius 3 is 2.28 bits per heavy atom. The molecule has 0 radical (unpaired) electrons. The Balaban J connectivity index is 0.00000576. The molecule has 0 aliphatic carbocycles. The number of benzene rings is 1. The molecular formula is C19H33IN4O. The van der Waals surface area contributed by atoms with Gasteiger partial charge in [-0.1, -0.05) is 36.8 Å². The molecule has 142 valence electrons. The largest absolute Gasteiger partial charge is 0.357 e. The molecule has 0 aromatic heterocycles. The van der Waals surface area contributed by atoms with Crippen LogP contribution in [0.2, 0.25) is 0 Å². The molecule has 0 aliphatic rings. The SMILES string of the molecule is CCNC(=NCC(=O)NC(C)(C)C)NCC(C)c1ccc(C)cc1.I. The van der Waals surface area contributed by atoms with E-state index in [1.807, 2.05) is 27.7 Å². The van der Waals surface area contributed by atoms with Gasteiger partial charge in [0.25, 0.3) is 0 Å². The van der Waals surface area contributed by atoms with Crippen LogP contribution >= 0.6 is 24.0 Å². The molecule has 0 aliphatic heterocycles. The van der Waals surface area contributed by atoms with E-state index in [9.17, 15) is 4.79 Å². The number of halogens is 1. The van der Waals surface area contributed by atoms with Crippen LogP contribution in [0, 0.1) is 6.92 Å². The van der Waals surface area contributed by atoms with Crippen molar-refractivity contribution in [2.24, 2.45) is 4.99 Å². The first-order chi connectivity index (χ1) is 11.2. The summed E-state index contributed by atoms with van der Waals surface area (Å²) in [6.07, 6.45) is 0. The Labute approximate surface area is 169 Å². The van der Waals surface area contributed by atoms with Crippen molar-refractivity contribution in [3.8, 4) is 0 Å². The Morgan fingerprint density at radius 2 is 1.76 bits per heavy atom. The highest BCUT2D eigenvalue weighted by molar-refractivity contribution is 14.0. The molecule has 0 saturated heterocycles. The highest BCUT2D eigenvalue weighted by atomic mass is 127. The van der Waals surface area contributed by atoms with Gasteiger partial charge in [0.1, 0.15) is 6.54 Å². The van der Waals surface area contributed by atoms with Crippen molar-refractivity contribution in [3.63, 3.8) is 0 Å². The van der Waals surface area contributed by atoms with Crippen molar-refractivity contribution in [1.29, 1.82) is 0 Å². The number of rotatable bonds is 6. The van der Waals surface area contributed by atoms with Crippen molar-refractivity contribution >= 4 is 35.8 Å². The number of nitrogens with zero attached hydrogens (tertiary/aromatic N) is 1. The van der Waals surface area contributed by atoms with Gasteiger partial charge in [0.15, 0.2) is 5.96 Å². The average Bonchev–Trinajstić information content (AvgIpc) is 2.48. The third kappa shape index (κ3) is 10.3. The maximum atomic E-state index is 11.9. The zero-order valence-corrected chi connectivity index (χ0v) is 18.6. The lowest BCUT2D eigenvalue weighted by molar-refractivity contribution is -0.121. The number of carbonyl (C=O) groups excluding carboxylic acids is 1. The van der Waals surface area contributed by atoms with E-state index < -0.39 is 0 Å². The van der Waals surface area contributed by atoms with Gasteiger partial charge in [0, 0.05) is 18.6 Å². The zero-order chi connectivity index (χ0) is 18.2. The van der Waals surface area contributed by atoms with E-state index in [0.717, 1.165) is 13.1 Å². The van der Waals surface area contributed by atoms with Crippen LogP contribution < -0.4 is 16.0 Å². The summed E-state index contributed by atoms with van der Waals surface area (Å²) in [6, 6.07) is 8.56. The van der Waals surface area contributed by atoms with Crippen molar-refractivity contribution in [2.75, 3.05) is 19.6 Å². The molecule has 0 bridgehead atoms. The van der Waals surface area contributed by atoms with Gasteiger partial charge in [-0.2, -0.15) is 0 Å². The smallest absolute Gasteiger partial charge is 0.242 e. The molecule has 1 aromatic rings. The minimum atomic E-state index is -0.238. The zero-order valence-electron chi connectivity index (χ0n) is 16.3. The first kappa shape index (κ1) is 23.7. The topological polar surface area (TPSA) is 65.5 Å². The molecule has 6 heteroatoms. The van der Waals surface area contributed by atoms with Crippen LogP contribution in [-0.2, 0) is 4.79 Å². The molecule has 1 aromatic carbocycles. The van der Waals surface area contributed by atoms with Crippen LogP contribution in [-0.4, -0.2) is 37.0 Å². The summed E-state index contributed by atoms with van der Waals surface area (Å²) in [7, 11) is 0. The molecule has 0 spiro atoms. The van der Waals surface area contributed by atoms with E-state index in [0.29, 0.717) is 11.9 Å². The quantitative estimate of drug-likeness (QED) is 0.347. The third-order valence-corrected chi connectivity index (χ3v) is 3.46. The van der Waals surface area contributed by atoms with E-state index in [1.165, 1.54) is 11.1 Å². The lowest BCUT2D eigenvalue weighted by atomic mass is 10.0. The van der Waals surface area contributed by atoms with E-state index in [-0.39, 0.29) is 42.0 Å². The predicted molar refractivity (Wildman–Crippen MR) is 117 cm³/mol. The molecule has 25 heavy (non-hydrogen) atoms. The van der Waals surface area contributed by atoms with Gasteiger partial charge in [-0.15, -0.1) is 24.0 Å². The van der Waals surface area contributed by atoms with Crippen LogP contribution in [0.1, 0.15) is 51.7 Å². The summed E-state index contributed by atoms with van der Waals surface area (Å²) in [6.45, 7) is 13.8. The molecule has 1 amide bonds. The summed E-state index contributed by atoms with van der Waals surface area (Å²) in [5, 5.41) is 9.40. The van der Waals surface area contributed by atoms with E-state index >= 15 is 0 Å². The minimum absolute atomic E-state index is 0. The second-order valence-electron chi connectivity index (χ2n) is 7.19. The lowest BCUT2D eigenvalue weighted by Crippen LogP contribution is -2.43. The maximum Gasteiger partial charge on any atom is 0.242 e. The van der Waals surface area contributed by atoms with E-state index in [2.05, 4.69) is 59.1 Å². The molecule has 0 heterocycles. The number of carbonyl (C=O) groups is 1. The molecule has 5 nitrogen and oxygen atoms in total. The number of aryl methyl sites for hydroxylation is 1. The highest BCUT2D eigenvalue weighted by Gasteiger charge is 2.13. The monoisotopic (exact) mass is 460 g/mol. The second kappa shape index (κ2) is 11.3. The van der Waals surface area contributed by atoms with Crippen molar-refractivity contribution in [3.05, 3.63) is 35.4 Å². The number of hydrogen-bond acceptors (Lipinski definition) is 2. The molecule has 1 atom stereocenters. The van der Waals surface area contributed by atoms with Gasteiger partial charge in [-0.3, -0.25) is 4.79 Å². The Morgan fingerprint density at radius 1 is 1.16 bits per heavy atom. The fourth-order valence-corrected chi connectivity index (χ4v) is 2.21. The average molecular weight is 460 g/mol. The first-order valence-corrected chi connectivity index (χ1v) is 8.61. The van der Waals surface area contributed by atoms with Gasteiger partial charge in [0.2, 0.25) is 5.91 Å². The number of nitrogens with one attached hydrogen (secondary N) is 3. The van der Waals surface area contributed by atoms with Crippen LogP contribution in [0.15, 0.2) is 29.3 Å². The van der Waals surface area contributed by atoms with Crippen LogP contribution in [0.5, 0.6) is 0 Å². The van der Waals surface area contributed by atoms with Crippen LogP contribution in [0.4, 0.5) is 0 Å². The fourth-order valence-electron chi connectivity index (χ4n) is 2.21. The summed E-state index contributed by atoms with van der Waals surface area (Å²) in [5.41, 5.74) is 2.31. The van der Waals surface area contributed by atoms with Crippen molar-refractivity contribution in [2.45, 2.75) is 53.0 Å². The second-order valence-corrected chi connectivity index (χ2v) is 7.19. The number of amides is 1. The normalized spacial score (nSPS) is 12.8. The Kier molecular flexibility index (Phi) is 10.7. The fraction of sp³-hybridized carbons (Fsp3) is 0.579. The molecule has 1 rings (SSSR count). The highest BCUT2D eigenvalue weighted by Crippen LogP contribution is 2.14. The summed E-state index contributed by atoms with van der Waals surface area (Å²) in [4.78, 5) is 16.2. The molecule has 0 saturated carbocycles. The molecule has 3 N–H and O–H groups in total. The molecular weight excluding hydrogens is 427 g/mol.